The maximum atomic E-state index is 13.3. The first-order chi connectivity index (χ1) is 14.2. The Balaban J connectivity index is 1.52. The summed E-state index contributed by atoms with van der Waals surface area (Å²) in [7, 11) is 0. The maximum absolute atomic E-state index is 13.3. The van der Waals surface area contributed by atoms with Gasteiger partial charge in [-0.05, 0) is 18.2 Å². The summed E-state index contributed by atoms with van der Waals surface area (Å²) in [5.41, 5.74) is 1.41. The van der Waals surface area contributed by atoms with Crippen molar-refractivity contribution in [3.8, 4) is 6.07 Å². The number of anilines is 1. The third kappa shape index (κ3) is 2.75. The predicted molar refractivity (Wildman–Crippen MR) is 110 cm³/mol. The topological polar surface area (TPSA) is 99.0 Å². The van der Waals surface area contributed by atoms with Crippen LogP contribution in [0.25, 0.3) is 15.7 Å². The van der Waals surface area contributed by atoms with E-state index < -0.39 is 17.3 Å². The van der Waals surface area contributed by atoms with Gasteiger partial charge < -0.3 is 5.32 Å². The van der Waals surface area contributed by atoms with Crippen LogP contribution in [0.3, 0.4) is 0 Å². The minimum atomic E-state index is -0.520. The lowest BCUT2D eigenvalue weighted by Crippen LogP contribution is -2.60. The van der Waals surface area contributed by atoms with Gasteiger partial charge in [-0.15, -0.1) is 11.8 Å². The Labute approximate surface area is 170 Å². The molecule has 2 atom stereocenters. The molecule has 0 saturated carbocycles. The van der Waals surface area contributed by atoms with Crippen molar-refractivity contribution in [2.24, 2.45) is 0 Å². The van der Waals surface area contributed by atoms with Crippen LogP contribution in [-0.4, -0.2) is 33.2 Å². The molecule has 0 bridgehead atoms. The molecule has 0 radical (unpaired) electrons. The van der Waals surface area contributed by atoms with Gasteiger partial charge >= 0.3 is 6.03 Å². The lowest BCUT2D eigenvalue weighted by molar-refractivity contribution is -0.118. The smallest absolute Gasteiger partial charge is 0.329 e. The molecule has 1 N–H and O–H groups in total. The molecule has 5 rings (SSSR count). The molecule has 2 aromatic heterocycles. The highest BCUT2D eigenvalue weighted by molar-refractivity contribution is 8.09. The van der Waals surface area contributed by atoms with E-state index in [9.17, 15) is 14.9 Å². The van der Waals surface area contributed by atoms with E-state index in [2.05, 4.69) is 21.4 Å². The zero-order valence-corrected chi connectivity index (χ0v) is 15.8. The molecule has 1 fully saturated rings. The molecule has 2 aliphatic rings. The Bertz CT molecular complexity index is 1240. The molecule has 140 valence electrons. The van der Waals surface area contributed by atoms with Gasteiger partial charge in [0.15, 0.2) is 0 Å². The number of aromatic nitrogens is 2. The molecule has 4 heterocycles. The number of rotatable bonds is 2. The highest BCUT2D eigenvalue weighted by atomic mass is 32.2. The average Bonchev–Trinajstić information content (AvgIpc) is 3.18. The largest absolute Gasteiger partial charge is 0.329 e. The van der Waals surface area contributed by atoms with Crippen molar-refractivity contribution in [1.29, 1.82) is 5.26 Å². The van der Waals surface area contributed by atoms with E-state index in [4.69, 9.17) is 0 Å². The van der Waals surface area contributed by atoms with Crippen molar-refractivity contribution in [1.82, 2.24) is 15.3 Å². The molecule has 29 heavy (non-hydrogen) atoms. The lowest BCUT2D eigenvalue weighted by Gasteiger charge is -2.33. The minimum Gasteiger partial charge on any atom is -0.329 e. The fourth-order valence-electron chi connectivity index (χ4n) is 3.61. The van der Waals surface area contributed by atoms with Crippen molar-refractivity contribution in [3.05, 3.63) is 72.3 Å². The normalized spacial score (nSPS) is 20.8. The predicted octanol–water partition coefficient (Wildman–Crippen LogP) is 3.08. The summed E-state index contributed by atoms with van der Waals surface area (Å²) in [6, 6.07) is 12.2. The Kier molecular flexibility index (Phi) is 4.03. The van der Waals surface area contributed by atoms with Crippen LogP contribution in [0.1, 0.15) is 11.3 Å². The van der Waals surface area contributed by atoms with E-state index >= 15 is 0 Å². The number of carbonyl (C=O) groups excluding carboxylic acids is 2. The summed E-state index contributed by atoms with van der Waals surface area (Å²) in [6.07, 6.45) is 6.60. The SMILES string of the molecule is N#Cc1ncccc1C1=CC2NC(=O)N(c3cncc4ccccc34)C(=O)C2S1. The van der Waals surface area contributed by atoms with Crippen LogP contribution in [0.5, 0.6) is 0 Å². The molecule has 3 aromatic rings. The van der Waals surface area contributed by atoms with E-state index in [1.165, 1.54) is 18.0 Å². The second-order valence-corrected chi connectivity index (χ2v) is 7.79. The summed E-state index contributed by atoms with van der Waals surface area (Å²) in [5, 5.41) is 13.3. The Morgan fingerprint density at radius 2 is 2.00 bits per heavy atom. The summed E-state index contributed by atoms with van der Waals surface area (Å²) < 4.78 is 0. The molecular formula is C21H13N5O2S. The van der Waals surface area contributed by atoms with Gasteiger partial charge in [-0.2, -0.15) is 5.26 Å². The molecule has 8 heteroatoms. The minimum absolute atomic E-state index is 0.291. The van der Waals surface area contributed by atoms with Gasteiger partial charge in [0.05, 0.1) is 17.9 Å². The quantitative estimate of drug-likeness (QED) is 0.711. The number of carbonyl (C=O) groups is 2. The molecule has 7 nitrogen and oxygen atoms in total. The number of nitrogens with zero attached hydrogens (tertiary/aromatic N) is 4. The molecule has 0 aliphatic carbocycles. The summed E-state index contributed by atoms with van der Waals surface area (Å²) in [6.45, 7) is 0. The molecule has 3 amide bonds. The van der Waals surface area contributed by atoms with Gasteiger partial charge in [0.25, 0.3) is 5.91 Å². The number of hydrogen-bond acceptors (Lipinski definition) is 6. The number of hydrogen-bond donors (Lipinski definition) is 1. The summed E-state index contributed by atoms with van der Waals surface area (Å²) >= 11 is 1.33. The Morgan fingerprint density at radius 1 is 1.14 bits per heavy atom. The molecule has 0 spiro atoms. The van der Waals surface area contributed by atoms with Crippen LogP contribution in [0.2, 0.25) is 0 Å². The van der Waals surface area contributed by atoms with E-state index in [-0.39, 0.29) is 5.91 Å². The van der Waals surface area contributed by atoms with Gasteiger partial charge in [-0.25, -0.2) is 14.7 Å². The van der Waals surface area contributed by atoms with E-state index in [1.54, 1.807) is 24.5 Å². The van der Waals surface area contributed by atoms with Crippen molar-refractivity contribution >= 4 is 45.1 Å². The second kappa shape index (κ2) is 6.72. The van der Waals surface area contributed by atoms with Crippen LogP contribution in [0, 0.1) is 11.3 Å². The average molecular weight is 399 g/mol. The maximum Gasteiger partial charge on any atom is 0.329 e. The third-order valence-corrected chi connectivity index (χ3v) is 6.29. The van der Waals surface area contributed by atoms with Gasteiger partial charge in [-0.1, -0.05) is 24.3 Å². The number of nitrogens with one attached hydrogen (secondary N) is 1. The lowest BCUT2D eigenvalue weighted by atomic mass is 10.1. The number of amides is 3. The fourth-order valence-corrected chi connectivity index (χ4v) is 4.90. The number of nitriles is 1. The molecular weight excluding hydrogens is 386 g/mol. The van der Waals surface area contributed by atoms with Crippen LogP contribution in [0.4, 0.5) is 10.5 Å². The molecule has 2 unspecified atom stereocenters. The zero-order chi connectivity index (χ0) is 20.0. The first-order valence-electron chi connectivity index (χ1n) is 8.88. The highest BCUT2D eigenvalue weighted by Gasteiger charge is 2.45. The number of imide groups is 1. The zero-order valence-electron chi connectivity index (χ0n) is 14.9. The highest BCUT2D eigenvalue weighted by Crippen LogP contribution is 2.43. The number of pyridine rings is 2. The number of benzene rings is 1. The summed E-state index contributed by atoms with van der Waals surface area (Å²) in [5.74, 6) is -0.310. The van der Waals surface area contributed by atoms with E-state index in [0.29, 0.717) is 16.9 Å². The van der Waals surface area contributed by atoms with Gasteiger partial charge in [-0.3, -0.25) is 9.78 Å². The standard InChI is InChI=1S/C21H13N5O2S/c22-9-16-14(6-3-7-24-16)18-8-15-19(29-18)20(27)26(21(28)25-15)17-11-23-10-12-4-1-2-5-13(12)17/h1-8,10-11,15,19H,(H,25,28). The fraction of sp³-hybridized carbons (Fsp3) is 0.0952. The molecule has 1 aromatic carbocycles. The Morgan fingerprint density at radius 3 is 2.86 bits per heavy atom. The van der Waals surface area contributed by atoms with Crippen LogP contribution in [0.15, 0.2) is 61.1 Å². The van der Waals surface area contributed by atoms with Gasteiger partial charge in [0.1, 0.15) is 17.0 Å². The number of urea groups is 1. The van der Waals surface area contributed by atoms with E-state index in [1.807, 2.05) is 30.3 Å². The molecule has 1 saturated heterocycles. The van der Waals surface area contributed by atoms with Crippen molar-refractivity contribution < 1.29 is 9.59 Å². The van der Waals surface area contributed by atoms with Crippen molar-refractivity contribution in [2.45, 2.75) is 11.3 Å². The second-order valence-electron chi connectivity index (χ2n) is 6.61. The Hall–Kier alpha value is -3.70. The van der Waals surface area contributed by atoms with Crippen molar-refractivity contribution in [3.63, 3.8) is 0 Å². The first kappa shape index (κ1) is 17.4. The molecule has 2 aliphatic heterocycles. The number of thioether (sulfide) groups is 1. The van der Waals surface area contributed by atoms with Gasteiger partial charge in [0.2, 0.25) is 0 Å². The first-order valence-corrected chi connectivity index (χ1v) is 9.76. The van der Waals surface area contributed by atoms with E-state index in [0.717, 1.165) is 20.6 Å². The van der Waals surface area contributed by atoms with Crippen molar-refractivity contribution in [2.75, 3.05) is 4.90 Å². The van der Waals surface area contributed by atoms with Gasteiger partial charge in [0, 0.05) is 33.6 Å². The monoisotopic (exact) mass is 399 g/mol. The van der Waals surface area contributed by atoms with Crippen LogP contribution >= 0.6 is 11.8 Å². The third-order valence-electron chi connectivity index (χ3n) is 4.94. The van der Waals surface area contributed by atoms with Crippen LogP contribution in [-0.2, 0) is 4.79 Å². The summed E-state index contributed by atoms with van der Waals surface area (Å²) in [4.78, 5) is 36.3. The van der Waals surface area contributed by atoms with Crippen LogP contribution < -0.4 is 10.2 Å². The number of fused-ring (bicyclic) bond motifs is 2.